The molecule has 1 rings (SSSR count). The maximum atomic E-state index is 11.7. The maximum Gasteiger partial charge on any atom is 0.413 e. The molecule has 0 unspecified atom stereocenters. The third-order valence-electron chi connectivity index (χ3n) is 2.98. The Morgan fingerprint density at radius 2 is 1.90 bits per heavy atom. The monoisotopic (exact) mass is 358 g/mol. The van der Waals surface area contributed by atoms with Crippen molar-refractivity contribution >= 4 is 27.9 Å². The van der Waals surface area contributed by atoms with Gasteiger partial charge in [0, 0.05) is 6.04 Å². The molecular weight excluding hydrogens is 340 g/mol. The lowest BCUT2D eigenvalue weighted by Gasteiger charge is -2.20. The molecule has 0 saturated carbocycles. The quantitative estimate of drug-likeness (QED) is 0.844. The van der Waals surface area contributed by atoms with Crippen molar-refractivity contribution in [3.05, 3.63) is 28.2 Å². The molecular formula is C14H19BrN2O4. The Bertz CT molecular complexity index is 522. The number of hydrogen-bond acceptors (Lipinski definition) is 5. The second-order valence-corrected chi connectivity index (χ2v) is 5.34. The predicted molar refractivity (Wildman–Crippen MR) is 82.3 cm³/mol. The van der Waals surface area contributed by atoms with Gasteiger partial charge in [-0.05, 0) is 47.5 Å². The number of rotatable bonds is 5. The molecule has 0 aromatic heterocycles. The fourth-order valence-corrected chi connectivity index (χ4v) is 2.32. The molecule has 0 aliphatic carbocycles. The first-order valence-corrected chi connectivity index (χ1v) is 7.16. The van der Waals surface area contributed by atoms with E-state index in [1.807, 2.05) is 25.1 Å². The van der Waals surface area contributed by atoms with Crippen molar-refractivity contribution < 1.29 is 19.1 Å². The summed E-state index contributed by atoms with van der Waals surface area (Å²) in [5, 5.41) is 5.23. The van der Waals surface area contributed by atoms with Crippen molar-refractivity contribution in [3.63, 3.8) is 0 Å². The number of nitrogens with one attached hydrogen (secondary N) is 2. The van der Waals surface area contributed by atoms with Gasteiger partial charge in [0.25, 0.3) is 0 Å². The van der Waals surface area contributed by atoms with E-state index >= 15 is 0 Å². The van der Waals surface area contributed by atoms with Gasteiger partial charge >= 0.3 is 6.09 Å². The summed E-state index contributed by atoms with van der Waals surface area (Å²) in [4.78, 5) is 22.7. The van der Waals surface area contributed by atoms with Gasteiger partial charge in [0.2, 0.25) is 5.91 Å². The summed E-state index contributed by atoms with van der Waals surface area (Å²) in [6, 6.07) is 5.05. The van der Waals surface area contributed by atoms with Gasteiger partial charge in [0.1, 0.15) is 5.75 Å². The lowest BCUT2D eigenvalue weighted by atomic mass is 10.1. The summed E-state index contributed by atoms with van der Waals surface area (Å²) in [6.07, 6.45) is -0.770. The smallest absolute Gasteiger partial charge is 0.413 e. The molecule has 2 atom stereocenters. The zero-order chi connectivity index (χ0) is 16.0. The number of halogens is 1. The van der Waals surface area contributed by atoms with Crippen LogP contribution in [-0.2, 0) is 9.53 Å². The maximum absolute atomic E-state index is 11.7. The molecule has 0 radical (unpaired) electrons. The minimum atomic E-state index is -0.770. The van der Waals surface area contributed by atoms with Crippen LogP contribution in [0.4, 0.5) is 4.79 Å². The van der Waals surface area contributed by atoms with Crippen LogP contribution in [0.3, 0.4) is 0 Å². The van der Waals surface area contributed by atoms with Gasteiger partial charge in [-0.2, -0.15) is 0 Å². The minimum Gasteiger partial charge on any atom is -0.496 e. The van der Waals surface area contributed by atoms with Gasteiger partial charge in [0.15, 0.2) is 0 Å². The Hall–Kier alpha value is -1.60. The van der Waals surface area contributed by atoms with Crippen LogP contribution in [0.2, 0.25) is 0 Å². The molecule has 21 heavy (non-hydrogen) atoms. The van der Waals surface area contributed by atoms with Crippen LogP contribution in [-0.4, -0.2) is 32.3 Å². The van der Waals surface area contributed by atoms with Crippen molar-refractivity contribution in [2.24, 2.45) is 0 Å². The lowest BCUT2D eigenvalue weighted by Crippen LogP contribution is -2.45. The summed E-state index contributed by atoms with van der Waals surface area (Å²) in [7, 11) is 2.80. The summed E-state index contributed by atoms with van der Waals surface area (Å²) in [5.74, 6) is 0.295. The molecule has 0 heterocycles. The van der Waals surface area contributed by atoms with Gasteiger partial charge in [0.05, 0.1) is 24.7 Å². The van der Waals surface area contributed by atoms with Crippen molar-refractivity contribution in [2.45, 2.75) is 25.9 Å². The first-order valence-electron chi connectivity index (χ1n) is 6.37. The molecule has 0 saturated heterocycles. The first kappa shape index (κ1) is 17.5. The average Bonchev–Trinajstić information content (AvgIpc) is 2.46. The standard InChI is InChI=1S/C14H19BrN2O4/c1-8(10-5-6-12(20-3)11(15)7-10)16-9(2)13(18)17-14(19)21-4/h5-9,16H,1-4H3,(H,17,18,19)/t8-,9+/m0/s1. The SMILES string of the molecule is COC(=O)NC(=O)[C@@H](C)N[C@@H](C)c1ccc(OC)c(Br)c1. The van der Waals surface area contributed by atoms with Gasteiger partial charge in [-0.15, -0.1) is 0 Å². The fraction of sp³-hybridized carbons (Fsp3) is 0.429. The number of imide groups is 1. The van der Waals surface area contributed by atoms with Gasteiger partial charge in [-0.1, -0.05) is 6.07 Å². The van der Waals surface area contributed by atoms with Crippen LogP contribution >= 0.6 is 15.9 Å². The van der Waals surface area contributed by atoms with E-state index in [9.17, 15) is 9.59 Å². The van der Waals surface area contributed by atoms with E-state index in [-0.39, 0.29) is 6.04 Å². The number of ether oxygens (including phenoxy) is 2. The highest BCUT2D eigenvalue weighted by molar-refractivity contribution is 9.10. The van der Waals surface area contributed by atoms with E-state index in [1.54, 1.807) is 14.0 Å². The van der Waals surface area contributed by atoms with E-state index in [0.29, 0.717) is 0 Å². The van der Waals surface area contributed by atoms with E-state index in [0.717, 1.165) is 15.8 Å². The van der Waals surface area contributed by atoms with Crippen LogP contribution in [0.15, 0.2) is 22.7 Å². The Morgan fingerprint density at radius 3 is 2.43 bits per heavy atom. The third-order valence-corrected chi connectivity index (χ3v) is 3.60. The molecule has 0 aliphatic heterocycles. The zero-order valence-electron chi connectivity index (χ0n) is 12.4. The van der Waals surface area contributed by atoms with Crippen LogP contribution in [0, 0.1) is 0 Å². The lowest BCUT2D eigenvalue weighted by molar-refractivity contribution is -0.122. The van der Waals surface area contributed by atoms with Crippen molar-refractivity contribution in [2.75, 3.05) is 14.2 Å². The highest BCUT2D eigenvalue weighted by Crippen LogP contribution is 2.28. The Morgan fingerprint density at radius 1 is 1.24 bits per heavy atom. The van der Waals surface area contributed by atoms with Crippen molar-refractivity contribution in [1.82, 2.24) is 10.6 Å². The Labute approximate surface area is 132 Å². The molecule has 116 valence electrons. The number of methoxy groups -OCH3 is 2. The van der Waals surface area contributed by atoms with Gasteiger partial charge < -0.3 is 9.47 Å². The molecule has 0 fully saturated rings. The summed E-state index contributed by atoms with van der Waals surface area (Å²) in [6.45, 7) is 3.60. The Kier molecular flexibility index (Phi) is 6.64. The third kappa shape index (κ3) is 5.02. The van der Waals surface area contributed by atoms with E-state index < -0.39 is 18.0 Å². The highest BCUT2D eigenvalue weighted by Gasteiger charge is 2.19. The number of amides is 2. The van der Waals surface area contributed by atoms with E-state index in [4.69, 9.17) is 4.74 Å². The predicted octanol–water partition coefficient (Wildman–Crippen LogP) is 2.38. The molecule has 1 aromatic rings. The summed E-state index contributed by atoms with van der Waals surface area (Å²) < 4.78 is 10.4. The van der Waals surface area contributed by atoms with Crippen LogP contribution in [0.25, 0.3) is 0 Å². The van der Waals surface area contributed by atoms with E-state index in [2.05, 4.69) is 31.3 Å². The largest absolute Gasteiger partial charge is 0.496 e. The highest BCUT2D eigenvalue weighted by atomic mass is 79.9. The zero-order valence-corrected chi connectivity index (χ0v) is 14.0. The molecule has 7 heteroatoms. The van der Waals surface area contributed by atoms with Crippen LogP contribution in [0.5, 0.6) is 5.75 Å². The normalized spacial score (nSPS) is 13.2. The average molecular weight is 359 g/mol. The van der Waals surface area contributed by atoms with Gasteiger partial charge in [-0.3, -0.25) is 15.4 Å². The van der Waals surface area contributed by atoms with Gasteiger partial charge in [-0.25, -0.2) is 4.79 Å². The van der Waals surface area contributed by atoms with Crippen LogP contribution < -0.4 is 15.4 Å². The number of hydrogen-bond donors (Lipinski definition) is 2. The fourth-order valence-electron chi connectivity index (χ4n) is 1.76. The molecule has 1 aromatic carbocycles. The topological polar surface area (TPSA) is 76.7 Å². The summed E-state index contributed by atoms with van der Waals surface area (Å²) >= 11 is 3.42. The molecule has 6 nitrogen and oxygen atoms in total. The molecule has 0 aliphatic rings. The number of alkyl carbamates (subject to hydrolysis) is 1. The molecule has 2 amide bonds. The minimum absolute atomic E-state index is 0.0781. The number of benzene rings is 1. The second kappa shape index (κ2) is 7.99. The Balaban J connectivity index is 2.67. The van der Waals surface area contributed by atoms with E-state index in [1.165, 1.54) is 7.11 Å². The number of carbonyl (C=O) groups excluding carboxylic acids is 2. The first-order chi connectivity index (χ1) is 9.88. The molecule has 2 N–H and O–H groups in total. The van der Waals surface area contributed by atoms with Crippen molar-refractivity contribution in [3.8, 4) is 5.75 Å². The molecule has 0 spiro atoms. The van der Waals surface area contributed by atoms with Crippen molar-refractivity contribution in [1.29, 1.82) is 0 Å². The second-order valence-electron chi connectivity index (χ2n) is 4.48. The number of carbonyl (C=O) groups is 2. The van der Waals surface area contributed by atoms with Crippen LogP contribution in [0.1, 0.15) is 25.5 Å². The molecule has 0 bridgehead atoms. The summed E-state index contributed by atoms with van der Waals surface area (Å²) in [5.41, 5.74) is 0.986.